The molecule has 2 aromatic carbocycles. The zero-order valence-corrected chi connectivity index (χ0v) is 14.8. The average molecular weight is 359 g/mol. The number of para-hydroxylation sites is 2. The van der Waals surface area contributed by atoms with Gasteiger partial charge in [0.25, 0.3) is 10.0 Å². The van der Waals surface area contributed by atoms with E-state index in [0.29, 0.717) is 34.3 Å². The van der Waals surface area contributed by atoms with Gasteiger partial charge in [-0.05, 0) is 30.7 Å². The van der Waals surface area contributed by atoms with E-state index in [1.54, 1.807) is 50.2 Å². The molecule has 0 spiro atoms. The Morgan fingerprint density at radius 2 is 1.88 bits per heavy atom. The first-order valence-electron chi connectivity index (χ1n) is 7.48. The molecule has 0 bridgehead atoms. The number of hydrogen-bond donors (Lipinski definition) is 1. The molecule has 0 fully saturated rings. The van der Waals surface area contributed by atoms with Gasteiger partial charge in [-0.3, -0.25) is 4.72 Å². The average Bonchev–Trinajstić information content (AvgIpc) is 3.01. The highest BCUT2D eigenvalue weighted by Crippen LogP contribution is 2.29. The maximum absolute atomic E-state index is 12.8. The zero-order valence-electron chi connectivity index (χ0n) is 14.0. The summed E-state index contributed by atoms with van der Waals surface area (Å²) in [7, 11) is -2.33. The molecular formula is C17H17N3O4S. The van der Waals surface area contributed by atoms with Crippen LogP contribution in [0.3, 0.4) is 0 Å². The Bertz CT molecular complexity index is 1010. The van der Waals surface area contributed by atoms with Crippen LogP contribution in [0.4, 0.5) is 5.69 Å². The maximum atomic E-state index is 12.8. The van der Waals surface area contributed by atoms with Crippen LogP contribution in [0.15, 0.2) is 51.9 Å². The van der Waals surface area contributed by atoms with Crippen molar-refractivity contribution in [2.75, 3.05) is 11.8 Å². The number of nitrogens with one attached hydrogen (secondary N) is 1. The van der Waals surface area contributed by atoms with E-state index in [9.17, 15) is 8.42 Å². The van der Waals surface area contributed by atoms with Gasteiger partial charge in [-0.1, -0.05) is 29.4 Å². The molecule has 0 saturated heterocycles. The lowest BCUT2D eigenvalue weighted by Crippen LogP contribution is -2.15. The summed E-state index contributed by atoms with van der Waals surface area (Å²) in [5.74, 6) is 1.19. The van der Waals surface area contributed by atoms with Crippen LogP contribution in [0, 0.1) is 13.8 Å². The number of anilines is 1. The second kappa shape index (κ2) is 6.56. The minimum absolute atomic E-state index is 0.137. The second-order valence-electron chi connectivity index (χ2n) is 5.42. The van der Waals surface area contributed by atoms with Gasteiger partial charge < -0.3 is 9.26 Å². The van der Waals surface area contributed by atoms with Crippen LogP contribution in [0.1, 0.15) is 11.5 Å². The fourth-order valence-corrected chi connectivity index (χ4v) is 3.72. The van der Waals surface area contributed by atoms with Crippen molar-refractivity contribution in [1.29, 1.82) is 0 Å². The van der Waals surface area contributed by atoms with E-state index in [-0.39, 0.29) is 4.90 Å². The van der Waals surface area contributed by atoms with Gasteiger partial charge in [-0.2, -0.15) is 4.98 Å². The molecule has 0 aliphatic carbocycles. The van der Waals surface area contributed by atoms with Crippen molar-refractivity contribution in [3.8, 4) is 17.1 Å². The first-order chi connectivity index (χ1) is 11.9. The van der Waals surface area contributed by atoms with Crippen LogP contribution in [0.25, 0.3) is 11.4 Å². The Morgan fingerprint density at radius 3 is 2.56 bits per heavy atom. The van der Waals surface area contributed by atoms with Crippen molar-refractivity contribution in [2.45, 2.75) is 18.7 Å². The fourth-order valence-electron chi connectivity index (χ4n) is 2.37. The number of nitrogens with zero attached hydrogens (tertiary/aromatic N) is 2. The zero-order chi connectivity index (χ0) is 18.0. The van der Waals surface area contributed by atoms with E-state index in [2.05, 4.69) is 14.9 Å². The van der Waals surface area contributed by atoms with Gasteiger partial charge in [-0.25, -0.2) is 8.42 Å². The van der Waals surface area contributed by atoms with Crippen LogP contribution >= 0.6 is 0 Å². The lowest BCUT2D eigenvalue weighted by atomic mass is 10.1. The normalized spacial score (nSPS) is 11.3. The third kappa shape index (κ3) is 3.48. The van der Waals surface area contributed by atoms with Gasteiger partial charge in [0, 0.05) is 12.5 Å². The van der Waals surface area contributed by atoms with E-state index in [1.807, 2.05) is 0 Å². The molecule has 3 aromatic rings. The van der Waals surface area contributed by atoms with E-state index < -0.39 is 10.0 Å². The minimum Gasteiger partial charge on any atom is -0.495 e. The third-order valence-electron chi connectivity index (χ3n) is 3.61. The standard InChI is InChI=1S/C17H17N3O4S/c1-11-8-9-13(17-18-12(2)24-19-17)10-16(11)25(21,22)20-14-6-4-5-7-15(14)23-3/h4-10,20H,1-3H3. The predicted molar refractivity (Wildman–Crippen MR) is 93.0 cm³/mol. The molecule has 1 aromatic heterocycles. The summed E-state index contributed by atoms with van der Waals surface area (Å²) in [6.07, 6.45) is 0. The summed E-state index contributed by atoms with van der Waals surface area (Å²) in [5, 5.41) is 3.83. The monoisotopic (exact) mass is 359 g/mol. The number of benzene rings is 2. The molecule has 25 heavy (non-hydrogen) atoms. The topological polar surface area (TPSA) is 94.3 Å². The number of ether oxygens (including phenoxy) is 1. The highest BCUT2D eigenvalue weighted by molar-refractivity contribution is 7.92. The molecule has 0 saturated carbocycles. The van der Waals surface area contributed by atoms with Crippen LogP contribution in [-0.4, -0.2) is 25.7 Å². The molecule has 8 heteroatoms. The number of aromatic nitrogens is 2. The molecule has 1 N–H and O–H groups in total. The quantitative estimate of drug-likeness (QED) is 0.752. The number of rotatable bonds is 5. The van der Waals surface area contributed by atoms with Gasteiger partial charge in [0.1, 0.15) is 5.75 Å². The molecule has 0 unspecified atom stereocenters. The first kappa shape index (κ1) is 17.0. The van der Waals surface area contributed by atoms with Crippen molar-refractivity contribution < 1.29 is 17.7 Å². The van der Waals surface area contributed by atoms with Gasteiger partial charge in [0.15, 0.2) is 0 Å². The number of methoxy groups -OCH3 is 1. The van der Waals surface area contributed by atoms with Crippen molar-refractivity contribution >= 4 is 15.7 Å². The van der Waals surface area contributed by atoms with Crippen molar-refractivity contribution in [1.82, 2.24) is 10.1 Å². The number of hydrogen-bond acceptors (Lipinski definition) is 6. The lowest BCUT2D eigenvalue weighted by Gasteiger charge is -2.13. The van der Waals surface area contributed by atoms with E-state index in [4.69, 9.17) is 9.26 Å². The van der Waals surface area contributed by atoms with Gasteiger partial charge in [0.2, 0.25) is 11.7 Å². The molecule has 0 aliphatic rings. The first-order valence-corrected chi connectivity index (χ1v) is 8.96. The number of sulfonamides is 1. The lowest BCUT2D eigenvalue weighted by molar-refractivity contribution is 0.394. The molecule has 0 radical (unpaired) electrons. The minimum atomic E-state index is -3.82. The Labute approximate surface area is 145 Å². The van der Waals surface area contributed by atoms with Crippen molar-refractivity contribution in [2.24, 2.45) is 0 Å². The van der Waals surface area contributed by atoms with Gasteiger partial charge >= 0.3 is 0 Å². The summed E-state index contributed by atoms with van der Waals surface area (Å²) in [6, 6.07) is 11.8. The fraction of sp³-hybridized carbons (Fsp3) is 0.176. The third-order valence-corrected chi connectivity index (χ3v) is 5.12. The molecule has 3 rings (SSSR count). The van der Waals surface area contributed by atoms with Crippen molar-refractivity contribution in [3.05, 3.63) is 53.9 Å². The van der Waals surface area contributed by atoms with Gasteiger partial charge in [0.05, 0.1) is 17.7 Å². The summed E-state index contributed by atoms with van der Waals surface area (Å²) in [5.41, 5.74) is 1.53. The Kier molecular flexibility index (Phi) is 4.45. The van der Waals surface area contributed by atoms with E-state index in [1.165, 1.54) is 13.2 Å². The summed E-state index contributed by atoms with van der Waals surface area (Å²) in [4.78, 5) is 4.27. The van der Waals surface area contributed by atoms with Gasteiger partial charge in [-0.15, -0.1) is 0 Å². The van der Waals surface area contributed by atoms with Crippen LogP contribution < -0.4 is 9.46 Å². The molecule has 0 amide bonds. The van der Waals surface area contributed by atoms with Crippen LogP contribution in [-0.2, 0) is 10.0 Å². The highest BCUT2D eigenvalue weighted by atomic mass is 32.2. The highest BCUT2D eigenvalue weighted by Gasteiger charge is 2.20. The molecule has 0 atom stereocenters. The predicted octanol–water partition coefficient (Wildman–Crippen LogP) is 3.16. The number of aryl methyl sites for hydroxylation is 2. The largest absolute Gasteiger partial charge is 0.495 e. The Balaban J connectivity index is 2.02. The van der Waals surface area contributed by atoms with Crippen LogP contribution in [0.2, 0.25) is 0 Å². The second-order valence-corrected chi connectivity index (χ2v) is 7.07. The molecule has 1 heterocycles. The molecular weight excluding hydrogens is 342 g/mol. The van der Waals surface area contributed by atoms with Crippen molar-refractivity contribution in [3.63, 3.8) is 0 Å². The Morgan fingerprint density at radius 1 is 1.12 bits per heavy atom. The smallest absolute Gasteiger partial charge is 0.262 e. The SMILES string of the molecule is COc1ccccc1NS(=O)(=O)c1cc(-c2noc(C)n2)ccc1C. The van der Waals surface area contributed by atoms with E-state index >= 15 is 0 Å². The summed E-state index contributed by atoms with van der Waals surface area (Å²) < 4.78 is 38.4. The van der Waals surface area contributed by atoms with Crippen LogP contribution in [0.5, 0.6) is 5.75 Å². The maximum Gasteiger partial charge on any atom is 0.262 e. The molecule has 7 nitrogen and oxygen atoms in total. The summed E-state index contributed by atoms with van der Waals surface area (Å²) in [6.45, 7) is 3.40. The van der Waals surface area contributed by atoms with E-state index in [0.717, 1.165) is 0 Å². The summed E-state index contributed by atoms with van der Waals surface area (Å²) >= 11 is 0. The Hall–Kier alpha value is -2.87. The molecule has 130 valence electrons. The molecule has 0 aliphatic heterocycles.